The van der Waals surface area contributed by atoms with Gasteiger partial charge in [0.05, 0.1) is 11.8 Å². The van der Waals surface area contributed by atoms with Gasteiger partial charge < -0.3 is 25.5 Å². The van der Waals surface area contributed by atoms with Gasteiger partial charge in [-0.15, -0.1) is 6.42 Å². The third-order valence-corrected chi connectivity index (χ3v) is 6.19. The summed E-state index contributed by atoms with van der Waals surface area (Å²) < 4.78 is 15.1. The molecule has 1 aliphatic heterocycles. The topological polar surface area (TPSA) is 84.9 Å². The molecule has 0 spiro atoms. The molecule has 37 heavy (non-hydrogen) atoms. The number of nitrogens with zero attached hydrogens (tertiary/aromatic N) is 2. The minimum Gasteiger partial charge on any atom is -0.391 e. The van der Waals surface area contributed by atoms with E-state index < -0.39 is 29.9 Å². The molecule has 1 aliphatic rings. The Hall–Kier alpha value is -4.19. The lowest BCUT2D eigenvalue weighted by Crippen LogP contribution is -2.45. The minimum absolute atomic E-state index is 0.00506. The van der Waals surface area contributed by atoms with Crippen LogP contribution in [0.25, 0.3) is 11.1 Å². The fourth-order valence-electron chi connectivity index (χ4n) is 4.41. The van der Waals surface area contributed by atoms with Gasteiger partial charge in [-0.3, -0.25) is 4.79 Å². The van der Waals surface area contributed by atoms with E-state index in [1.54, 1.807) is 30.3 Å². The molecule has 0 aliphatic carbocycles. The monoisotopic (exact) mass is 500 g/mol. The molecular weight excluding hydrogens is 471 g/mol. The number of amides is 3. The fraction of sp³-hybridized carbons (Fsp3) is 0.241. The summed E-state index contributed by atoms with van der Waals surface area (Å²) in [4.78, 5) is 29.2. The highest BCUT2D eigenvalue weighted by atomic mass is 19.1. The zero-order valence-electron chi connectivity index (χ0n) is 20.7. The van der Waals surface area contributed by atoms with Crippen molar-refractivity contribution in [3.05, 3.63) is 83.7 Å². The lowest BCUT2D eigenvalue weighted by Gasteiger charge is -2.24. The predicted molar refractivity (Wildman–Crippen MR) is 142 cm³/mol. The highest BCUT2D eigenvalue weighted by molar-refractivity contribution is 6.00. The van der Waals surface area contributed by atoms with Crippen molar-refractivity contribution in [2.24, 2.45) is 0 Å². The Morgan fingerprint density at radius 2 is 1.84 bits per heavy atom. The summed E-state index contributed by atoms with van der Waals surface area (Å²) in [6, 6.07) is 17.6. The molecule has 2 atom stereocenters. The number of carbonyl (C=O) groups excluding carboxylic acids is 2. The number of terminal acetylenes is 1. The van der Waals surface area contributed by atoms with Crippen molar-refractivity contribution in [2.45, 2.75) is 25.1 Å². The SMILES string of the molecule is C#Cc1ccc(NC(=O)N2C[C@H](O)C[C@H]2C(=O)Nc2ccc(-c3ccccc3CN(C)C)cc2F)cc1. The normalized spacial score (nSPS) is 16.9. The molecule has 8 heteroatoms. The number of carbonyl (C=O) groups is 2. The number of rotatable bonds is 6. The molecule has 0 unspecified atom stereocenters. The first kappa shape index (κ1) is 25.9. The highest BCUT2D eigenvalue weighted by Gasteiger charge is 2.39. The van der Waals surface area contributed by atoms with E-state index in [-0.39, 0.29) is 18.7 Å². The number of halogens is 1. The van der Waals surface area contributed by atoms with E-state index in [4.69, 9.17) is 6.42 Å². The van der Waals surface area contributed by atoms with Crippen LogP contribution < -0.4 is 10.6 Å². The van der Waals surface area contributed by atoms with Crippen LogP contribution in [0.3, 0.4) is 0 Å². The van der Waals surface area contributed by atoms with Gasteiger partial charge in [0.1, 0.15) is 11.9 Å². The summed E-state index contributed by atoms with van der Waals surface area (Å²) in [7, 11) is 3.93. The second-order valence-electron chi connectivity index (χ2n) is 9.29. The van der Waals surface area contributed by atoms with Crippen molar-refractivity contribution < 1.29 is 19.1 Å². The molecule has 0 aromatic heterocycles. The Balaban J connectivity index is 1.48. The second-order valence-corrected chi connectivity index (χ2v) is 9.29. The predicted octanol–water partition coefficient (Wildman–Crippen LogP) is 4.14. The molecule has 1 fully saturated rings. The molecule has 0 radical (unpaired) electrons. The quantitative estimate of drug-likeness (QED) is 0.444. The number of aliphatic hydroxyl groups is 1. The van der Waals surface area contributed by atoms with Gasteiger partial charge in [-0.2, -0.15) is 0 Å². The molecule has 0 bridgehead atoms. The van der Waals surface area contributed by atoms with E-state index in [2.05, 4.69) is 16.6 Å². The summed E-state index contributed by atoms with van der Waals surface area (Å²) in [5, 5.41) is 15.5. The van der Waals surface area contributed by atoms with E-state index in [9.17, 15) is 14.7 Å². The maximum atomic E-state index is 15.1. The molecule has 3 aromatic carbocycles. The molecule has 0 saturated carbocycles. The zero-order valence-corrected chi connectivity index (χ0v) is 20.7. The Morgan fingerprint density at radius 1 is 1.11 bits per heavy atom. The van der Waals surface area contributed by atoms with Crippen LogP contribution in [0.2, 0.25) is 0 Å². The van der Waals surface area contributed by atoms with E-state index in [0.29, 0.717) is 23.4 Å². The number of β-amino-alcohol motifs (C(OH)–C–C–N with tert-alkyl or cyclic N) is 1. The molecule has 190 valence electrons. The van der Waals surface area contributed by atoms with Gasteiger partial charge in [0.25, 0.3) is 0 Å². The van der Waals surface area contributed by atoms with Crippen LogP contribution in [0, 0.1) is 18.2 Å². The summed E-state index contributed by atoms with van der Waals surface area (Å²) in [5.41, 5.74) is 3.83. The lowest BCUT2D eigenvalue weighted by atomic mass is 9.99. The number of urea groups is 1. The third-order valence-electron chi connectivity index (χ3n) is 6.19. The number of anilines is 2. The van der Waals surface area contributed by atoms with Crippen LogP contribution in [-0.4, -0.2) is 59.6 Å². The van der Waals surface area contributed by atoms with Crippen molar-refractivity contribution in [1.29, 1.82) is 0 Å². The van der Waals surface area contributed by atoms with Crippen LogP contribution in [0.1, 0.15) is 17.5 Å². The summed E-state index contributed by atoms with van der Waals surface area (Å²) in [6.07, 6.45) is 4.54. The Bertz CT molecular complexity index is 1330. The number of likely N-dealkylation sites (tertiary alicyclic amines) is 1. The van der Waals surface area contributed by atoms with Crippen LogP contribution >= 0.6 is 0 Å². The van der Waals surface area contributed by atoms with Crippen LogP contribution in [0.15, 0.2) is 66.7 Å². The maximum absolute atomic E-state index is 15.1. The maximum Gasteiger partial charge on any atom is 0.322 e. The van der Waals surface area contributed by atoms with Gasteiger partial charge in [0.2, 0.25) is 5.91 Å². The van der Waals surface area contributed by atoms with E-state index in [1.807, 2.05) is 43.3 Å². The Morgan fingerprint density at radius 3 is 2.51 bits per heavy atom. The van der Waals surface area contributed by atoms with Crippen molar-refractivity contribution >= 4 is 23.3 Å². The van der Waals surface area contributed by atoms with Gasteiger partial charge in [0.15, 0.2) is 0 Å². The van der Waals surface area contributed by atoms with E-state index >= 15 is 4.39 Å². The van der Waals surface area contributed by atoms with Crippen molar-refractivity contribution in [3.8, 4) is 23.5 Å². The highest BCUT2D eigenvalue weighted by Crippen LogP contribution is 2.29. The van der Waals surface area contributed by atoms with Crippen molar-refractivity contribution in [2.75, 3.05) is 31.3 Å². The first-order chi connectivity index (χ1) is 17.7. The first-order valence-corrected chi connectivity index (χ1v) is 11.9. The molecule has 4 rings (SSSR count). The minimum atomic E-state index is -0.958. The average molecular weight is 501 g/mol. The number of benzene rings is 3. The molecule has 7 nitrogen and oxygen atoms in total. The van der Waals surface area contributed by atoms with Crippen molar-refractivity contribution in [1.82, 2.24) is 9.80 Å². The van der Waals surface area contributed by atoms with Gasteiger partial charge in [-0.25, -0.2) is 9.18 Å². The largest absolute Gasteiger partial charge is 0.391 e. The fourth-order valence-corrected chi connectivity index (χ4v) is 4.41. The lowest BCUT2D eigenvalue weighted by molar-refractivity contribution is -0.119. The average Bonchev–Trinajstić information content (AvgIpc) is 3.28. The first-order valence-electron chi connectivity index (χ1n) is 11.9. The number of hydrogen-bond donors (Lipinski definition) is 3. The molecule has 3 aromatic rings. The molecule has 1 saturated heterocycles. The van der Waals surface area contributed by atoms with E-state index in [0.717, 1.165) is 11.1 Å². The number of hydrogen-bond acceptors (Lipinski definition) is 4. The Kier molecular flexibility index (Phi) is 7.87. The third kappa shape index (κ3) is 6.15. The van der Waals surface area contributed by atoms with Crippen LogP contribution in [-0.2, 0) is 11.3 Å². The Labute approximate surface area is 215 Å². The summed E-state index contributed by atoms with van der Waals surface area (Å²) in [5.74, 6) is 1.33. The van der Waals surface area contributed by atoms with Gasteiger partial charge in [0, 0.05) is 30.8 Å². The number of nitrogens with one attached hydrogen (secondary N) is 2. The van der Waals surface area contributed by atoms with Gasteiger partial charge in [-0.1, -0.05) is 36.3 Å². The molecular formula is C29H29FN4O3. The molecule has 1 heterocycles. The summed E-state index contributed by atoms with van der Waals surface area (Å²) >= 11 is 0. The standard InChI is InChI=1S/C29H29FN4O3/c1-4-19-9-12-22(13-10-19)31-29(37)34-18-23(35)16-27(34)28(36)32-26-14-11-20(15-25(26)30)24-8-6-5-7-21(24)17-33(2)3/h1,5-15,23,27,35H,16-18H2,2-3H3,(H,31,37)(H,32,36)/t23-,27+/m1/s1. The van der Waals surface area contributed by atoms with E-state index in [1.165, 1.54) is 17.0 Å². The second kappa shape index (κ2) is 11.2. The number of aliphatic hydroxyl groups excluding tert-OH is 1. The van der Waals surface area contributed by atoms with Gasteiger partial charge in [-0.05, 0) is 67.2 Å². The van der Waals surface area contributed by atoms with Gasteiger partial charge >= 0.3 is 6.03 Å². The van der Waals surface area contributed by atoms with Crippen molar-refractivity contribution in [3.63, 3.8) is 0 Å². The molecule has 3 amide bonds. The summed E-state index contributed by atoms with van der Waals surface area (Å²) in [6.45, 7) is 0.683. The zero-order chi connectivity index (χ0) is 26.5. The van der Waals surface area contributed by atoms with Crippen LogP contribution in [0.5, 0.6) is 0 Å². The smallest absolute Gasteiger partial charge is 0.322 e. The molecule has 3 N–H and O–H groups in total. The van der Waals surface area contributed by atoms with Crippen LogP contribution in [0.4, 0.5) is 20.6 Å².